The maximum atomic E-state index is 10.8. The molecule has 1 aromatic rings. The van der Waals surface area contributed by atoms with Crippen LogP contribution in [0.2, 0.25) is 0 Å². The van der Waals surface area contributed by atoms with Gasteiger partial charge >= 0.3 is 0 Å². The minimum Gasteiger partial charge on any atom is -0.262 e. The lowest BCUT2D eigenvalue weighted by atomic mass is 10.1. The Balaban J connectivity index is 3.00. The Kier molecular flexibility index (Phi) is 2.92. The Hall–Kier alpha value is -0.620. The summed E-state index contributed by atoms with van der Waals surface area (Å²) in [5, 5.41) is 5.68. The highest BCUT2D eigenvalue weighted by molar-refractivity contribution is 8.13. The van der Waals surface area contributed by atoms with Gasteiger partial charge in [-0.05, 0) is 6.42 Å². The molecule has 1 N–H and O–H groups in total. The van der Waals surface area contributed by atoms with Crippen molar-refractivity contribution in [3.8, 4) is 0 Å². The molecule has 1 atom stereocenters. The molecular weight excluding hydrogens is 214 g/mol. The van der Waals surface area contributed by atoms with E-state index in [1.54, 1.807) is 0 Å². The van der Waals surface area contributed by atoms with Crippen molar-refractivity contribution in [2.45, 2.75) is 31.3 Å². The van der Waals surface area contributed by atoms with Gasteiger partial charge in [-0.15, -0.1) is 5.10 Å². The molecule has 0 radical (unpaired) electrons. The molecule has 1 aromatic heterocycles. The molecule has 0 fully saturated rings. The summed E-state index contributed by atoms with van der Waals surface area (Å²) in [7, 11) is 1.24. The van der Waals surface area contributed by atoms with Crippen LogP contribution < -0.4 is 0 Å². The summed E-state index contributed by atoms with van der Waals surface area (Å²) in [5.74, 6) is 0.696. The van der Waals surface area contributed by atoms with Crippen LogP contribution in [0.4, 0.5) is 0 Å². The Labute approximate surface area is 80.9 Å². The van der Waals surface area contributed by atoms with Crippen LogP contribution in [0.3, 0.4) is 0 Å². The smallest absolute Gasteiger partial charge is 0.262 e. The minimum absolute atomic E-state index is 0.152. The average molecular weight is 224 g/mol. The van der Waals surface area contributed by atoms with Gasteiger partial charge in [0.05, 0.1) is 0 Å². The topological polar surface area (TPSA) is 75.7 Å². The van der Waals surface area contributed by atoms with Crippen molar-refractivity contribution in [3.05, 3.63) is 5.82 Å². The SMILES string of the molecule is CCC(C)c1nc(S(=O)(=O)Cl)n[nH]1. The Morgan fingerprint density at radius 3 is 2.62 bits per heavy atom. The standard InChI is InChI=1S/C6H10ClN3O2S/c1-3-4(2)5-8-6(10-9-5)13(7,11)12/h4H,3H2,1-2H3,(H,8,9,10). The molecule has 1 heterocycles. The van der Waals surface area contributed by atoms with Crippen molar-refractivity contribution >= 4 is 19.7 Å². The third-order valence-corrected chi connectivity index (χ3v) is 2.81. The zero-order chi connectivity index (χ0) is 10.1. The average Bonchev–Trinajstić information content (AvgIpc) is 2.50. The number of rotatable bonds is 3. The van der Waals surface area contributed by atoms with Crippen LogP contribution in [0, 0.1) is 0 Å². The first kappa shape index (κ1) is 10.5. The van der Waals surface area contributed by atoms with Gasteiger partial charge in [0.15, 0.2) is 0 Å². The molecule has 0 amide bonds. The number of nitrogens with zero attached hydrogens (tertiary/aromatic N) is 2. The normalized spacial score (nSPS) is 14.4. The maximum Gasteiger partial charge on any atom is 0.298 e. The van der Waals surface area contributed by atoms with Crippen molar-refractivity contribution in [1.29, 1.82) is 0 Å². The van der Waals surface area contributed by atoms with E-state index in [1.165, 1.54) is 0 Å². The Morgan fingerprint density at radius 1 is 1.62 bits per heavy atom. The molecule has 0 aliphatic heterocycles. The van der Waals surface area contributed by atoms with Crippen LogP contribution in [0.15, 0.2) is 5.16 Å². The number of hydrogen-bond acceptors (Lipinski definition) is 4. The highest BCUT2D eigenvalue weighted by atomic mass is 35.7. The van der Waals surface area contributed by atoms with Crippen LogP contribution in [0.25, 0.3) is 0 Å². The summed E-state index contributed by atoms with van der Waals surface area (Å²) in [4.78, 5) is 3.77. The second-order valence-corrected chi connectivity index (χ2v) is 5.21. The van der Waals surface area contributed by atoms with Crippen LogP contribution in [-0.2, 0) is 9.05 Å². The molecule has 0 aliphatic rings. The molecule has 5 nitrogen and oxygen atoms in total. The lowest BCUT2D eigenvalue weighted by Gasteiger charge is -2.00. The van der Waals surface area contributed by atoms with E-state index in [4.69, 9.17) is 10.7 Å². The van der Waals surface area contributed by atoms with Crippen LogP contribution in [0.5, 0.6) is 0 Å². The minimum atomic E-state index is -3.80. The number of halogens is 1. The van der Waals surface area contributed by atoms with E-state index in [0.29, 0.717) is 5.82 Å². The number of nitrogens with one attached hydrogen (secondary N) is 1. The van der Waals surface area contributed by atoms with E-state index in [1.807, 2.05) is 13.8 Å². The van der Waals surface area contributed by atoms with E-state index in [2.05, 4.69) is 15.2 Å². The Bertz CT molecular complexity index is 386. The highest BCUT2D eigenvalue weighted by Crippen LogP contribution is 2.16. The largest absolute Gasteiger partial charge is 0.298 e. The van der Waals surface area contributed by atoms with E-state index in [9.17, 15) is 8.42 Å². The molecule has 0 bridgehead atoms. The van der Waals surface area contributed by atoms with Crippen LogP contribution in [-0.4, -0.2) is 23.6 Å². The molecule has 0 saturated heterocycles. The van der Waals surface area contributed by atoms with Gasteiger partial charge in [0, 0.05) is 16.6 Å². The highest BCUT2D eigenvalue weighted by Gasteiger charge is 2.18. The van der Waals surface area contributed by atoms with Crippen molar-refractivity contribution < 1.29 is 8.42 Å². The van der Waals surface area contributed by atoms with Gasteiger partial charge in [0.25, 0.3) is 14.2 Å². The third-order valence-electron chi connectivity index (χ3n) is 1.78. The second-order valence-electron chi connectivity index (χ2n) is 2.75. The fraction of sp³-hybridized carbons (Fsp3) is 0.667. The molecule has 0 spiro atoms. The summed E-state index contributed by atoms with van der Waals surface area (Å²) in [6, 6.07) is 0. The summed E-state index contributed by atoms with van der Waals surface area (Å²) in [6.07, 6.45) is 0.858. The summed E-state index contributed by atoms with van der Waals surface area (Å²) < 4.78 is 21.6. The van der Waals surface area contributed by atoms with Gasteiger partial charge in [-0.25, -0.2) is 13.4 Å². The second kappa shape index (κ2) is 3.63. The quantitative estimate of drug-likeness (QED) is 0.783. The van der Waals surface area contributed by atoms with Gasteiger partial charge in [0.1, 0.15) is 5.82 Å². The molecule has 0 saturated carbocycles. The predicted octanol–water partition coefficient (Wildman–Crippen LogP) is 1.25. The maximum absolute atomic E-state index is 10.8. The van der Waals surface area contributed by atoms with Gasteiger partial charge < -0.3 is 0 Å². The lowest BCUT2D eigenvalue weighted by molar-refractivity contribution is 0.601. The lowest BCUT2D eigenvalue weighted by Crippen LogP contribution is -1.96. The van der Waals surface area contributed by atoms with E-state index >= 15 is 0 Å². The molecule has 1 rings (SSSR count). The summed E-state index contributed by atoms with van der Waals surface area (Å²) in [5.41, 5.74) is 0. The van der Waals surface area contributed by atoms with Crippen molar-refractivity contribution in [3.63, 3.8) is 0 Å². The monoisotopic (exact) mass is 223 g/mol. The van der Waals surface area contributed by atoms with Crippen molar-refractivity contribution in [2.24, 2.45) is 0 Å². The number of H-pyrrole nitrogens is 1. The van der Waals surface area contributed by atoms with E-state index in [0.717, 1.165) is 6.42 Å². The first-order valence-electron chi connectivity index (χ1n) is 3.82. The number of aromatic amines is 1. The van der Waals surface area contributed by atoms with Gasteiger partial charge in [-0.2, -0.15) is 0 Å². The molecule has 0 aliphatic carbocycles. The molecule has 0 aromatic carbocycles. The van der Waals surface area contributed by atoms with E-state index in [-0.39, 0.29) is 11.1 Å². The van der Waals surface area contributed by atoms with Crippen LogP contribution >= 0.6 is 10.7 Å². The molecule has 74 valence electrons. The summed E-state index contributed by atoms with van der Waals surface area (Å²) >= 11 is 0. The van der Waals surface area contributed by atoms with Gasteiger partial charge in [-0.3, -0.25) is 5.10 Å². The van der Waals surface area contributed by atoms with Gasteiger partial charge in [-0.1, -0.05) is 13.8 Å². The number of aromatic nitrogens is 3. The van der Waals surface area contributed by atoms with Crippen molar-refractivity contribution in [1.82, 2.24) is 15.2 Å². The fourth-order valence-electron chi connectivity index (χ4n) is 0.781. The predicted molar refractivity (Wildman–Crippen MR) is 48.1 cm³/mol. The fourth-order valence-corrected chi connectivity index (χ4v) is 1.35. The molecule has 13 heavy (non-hydrogen) atoms. The van der Waals surface area contributed by atoms with E-state index < -0.39 is 9.05 Å². The van der Waals surface area contributed by atoms with Gasteiger partial charge in [0.2, 0.25) is 0 Å². The molecular formula is C6H10ClN3O2S. The third kappa shape index (κ3) is 2.41. The molecule has 7 heteroatoms. The number of hydrogen-bond donors (Lipinski definition) is 1. The Morgan fingerprint density at radius 2 is 2.23 bits per heavy atom. The summed E-state index contributed by atoms with van der Waals surface area (Å²) in [6.45, 7) is 3.90. The van der Waals surface area contributed by atoms with Crippen molar-refractivity contribution in [2.75, 3.05) is 0 Å². The zero-order valence-corrected chi connectivity index (χ0v) is 8.85. The first-order valence-corrected chi connectivity index (χ1v) is 6.13. The molecule has 1 unspecified atom stereocenters. The first-order chi connectivity index (χ1) is 5.95. The zero-order valence-electron chi connectivity index (χ0n) is 7.28. The van der Waals surface area contributed by atoms with Crippen LogP contribution in [0.1, 0.15) is 32.0 Å².